The number of likely N-dealkylation sites (N-methyl/N-ethyl adjacent to an activating group) is 1. The van der Waals surface area contributed by atoms with E-state index in [4.69, 9.17) is 0 Å². The molecule has 1 saturated heterocycles. The fraction of sp³-hybridized carbons (Fsp3) is 0.391. The summed E-state index contributed by atoms with van der Waals surface area (Å²) in [5.74, 6) is -0.0309. The summed E-state index contributed by atoms with van der Waals surface area (Å²) in [4.78, 5) is 32.7. The number of hydrogen-bond acceptors (Lipinski definition) is 5. The molecular weight excluding hydrogens is 449 g/mol. The Kier molecular flexibility index (Phi) is 6.56. The van der Waals surface area contributed by atoms with Crippen molar-refractivity contribution in [1.82, 2.24) is 25.1 Å². The van der Waals surface area contributed by atoms with E-state index in [1.165, 1.54) is 11.1 Å². The minimum atomic E-state index is -4.52. The van der Waals surface area contributed by atoms with E-state index in [2.05, 4.69) is 15.4 Å². The standard InChI is InChI=1S/C23H25F3N6O2/c1-15-3-6-17(7-4-15)21-18(31-10-9-30(2)14-20(31)33)13-32(29-21)22(34)28-12-16-5-8-19(27-11-16)23(24,25)26/h3-8,11,18H,9-10,12-14H2,1-2H3,(H,28,34). The van der Waals surface area contributed by atoms with Gasteiger partial charge in [-0.2, -0.15) is 18.3 Å². The SMILES string of the molecule is Cc1ccc(C2=NN(C(=O)NCc3ccc(C(F)(F)F)nc3)CC2N2CCN(C)CC2=O)cc1. The molecule has 1 unspecified atom stereocenters. The highest BCUT2D eigenvalue weighted by atomic mass is 19.4. The van der Waals surface area contributed by atoms with Gasteiger partial charge in [0.2, 0.25) is 5.91 Å². The second-order valence-corrected chi connectivity index (χ2v) is 8.48. The first-order valence-electron chi connectivity index (χ1n) is 10.8. The highest BCUT2D eigenvalue weighted by molar-refractivity contribution is 6.08. The lowest BCUT2D eigenvalue weighted by Crippen LogP contribution is -2.56. The van der Waals surface area contributed by atoms with Crippen LogP contribution in [0.15, 0.2) is 47.7 Å². The average Bonchev–Trinajstić information content (AvgIpc) is 3.23. The van der Waals surface area contributed by atoms with Gasteiger partial charge in [-0.1, -0.05) is 35.9 Å². The lowest BCUT2D eigenvalue weighted by Gasteiger charge is -2.36. The third-order valence-corrected chi connectivity index (χ3v) is 5.85. The number of aryl methyl sites for hydroxylation is 1. The van der Waals surface area contributed by atoms with Crippen molar-refractivity contribution in [3.8, 4) is 0 Å². The van der Waals surface area contributed by atoms with Gasteiger partial charge in [0.05, 0.1) is 24.8 Å². The van der Waals surface area contributed by atoms with Gasteiger partial charge in [0.1, 0.15) is 5.69 Å². The number of rotatable bonds is 4. The summed E-state index contributed by atoms with van der Waals surface area (Å²) >= 11 is 0. The number of carbonyl (C=O) groups excluding carboxylic acids is 2. The summed E-state index contributed by atoms with van der Waals surface area (Å²) in [6, 6.07) is 8.97. The molecule has 8 nitrogen and oxygen atoms in total. The van der Waals surface area contributed by atoms with Crippen molar-refractivity contribution in [3.05, 3.63) is 65.0 Å². The minimum Gasteiger partial charge on any atom is -0.332 e. The summed E-state index contributed by atoms with van der Waals surface area (Å²) in [5.41, 5.74) is 1.96. The Balaban J connectivity index is 1.49. The summed E-state index contributed by atoms with van der Waals surface area (Å²) in [6.07, 6.45) is -3.44. The van der Waals surface area contributed by atoms with Gasteiger partial charge in [0.25, 0.3) is 0 Å². The number of halogens is 3. The van der Waals surface area contributed by atoms with Crippen LogP contribution in [0, 0.1) is 6.92 Å². The van der Waals surface area contributed by atoms with E-state index in [9.17, 15) is 22.8 Å². The number of nitrogens with zero attached hydrogens (tertiary/aromatic N) is 5. The van der Waals surface area contributed by atoms with Gasteiger partial charge in [0.15, 0.2) is 0 Å². The molecule has 0 saturated carbocycles. The molecule has 3 heterocycles. The highest BCUT2D eigenvalue weighted by Crippen LogP contribution is 2.27. The molecule has 1 atom stereocenters. The normalized spacial score (nSPS) is 19.4. The van der Waals surface area contributed by atoms with Gasteiger partial charge in [0, 0.05) is 25.8 Å². The summed E-state index contributed by atoms with van der Waals surface area (Å²) in [6.45, 7) is 3.69. The number of alkyl halides is 3. The maximum atomic E-state index is 12.8. The third-order valence-electron chi connectivity index (χ3n) is 5.85. The summed E-state index contributed by atoms with van der Waals surface area (Å²) in [7, 11) is 1.88. The molecule has 3 amide bonds. The van der Waals surface area contributed by atoms with Crippen LogP contribution in [-0.4, -0.2) is 76.7 Å². The van der Waals surface area contributed by atoms with E-state index < -0.39 is 17.9 Å². The molecule has 11 heteroatoms. The number of carbonyl (C=O) groups is 2. The van der Waals surface area contributed by atoms with E-state index in [-0.39, 0.29) is 25.0 Å². The van der Waals surface area contributed by atoms with E-state index in [1.54, 1.807) is 4.90 Å². The summed E-state index contributed by atoms with van der Waals surface area (Å²) < 4.78 is 38.1. The molecule has 1 N–H and O–H groups in total. The van der Waals surface area contributed by atoms with Crippen molar-refractivity contribution in [2.75, 3.05) is 33.2 Å². The van der Waals surface area contributed by atoms with Crippen LogP contribution < -0.4 is 5.32 Å². The number of pyridine rings is 1. The van der Waals surface area contributed by atoms with Crippen LogP contribution in [0.5, 0.6) is 0 Å². The average molecular weight is 474 g/mol. The minimum absolute atomic E-state index is 0.00599. The number of nitrogens with one attached hydrogen (secondary N) is 1. The predicted octanol–water partition coefficient (Wildman–Crippen LogP) is 2.48. The Labute approximate surface area is 195 Å². The Bertz CT molecular complexity index is 1090. The molecule has 1 fully saturated rings. The molecule has 34 heavy (non-hydrogen) atoms. The first-order valence-corrected chi connectivity index (χ1v) is 10.8. The number of hydrazone groups is 1. The zero-order chi connectivity index (χ0) is 24.5. The second-order valence-electron chi connectivity index (χ2n) is 8.48. The monoisotopic (exact) mass is 474 g/mol. The Hall–Kier alpha value is -3.47. The number of hydrogen-bond donors (Lipinski definition) is 1. The van der Waals surface area contributed by atoms with Crippen molar-refractivity contribution < 1.29 is 22.8 Å². The molecular formula is C23H25F3N6O2. The van der Waals surface area contributed by atoms with Gasteiger partial charge in [-0.05, 0) is 31.2 Å². The molecule has 180 valence electrons. The van der Waals surface area contributed by atoms with Gasteiger partial charge in [-0.3, -0.25) is 14.7 Å². The molecule has 4 rings (SSSR count). The van der Waals surface area contributed by atoms with E-state index in [0.29, 0.717) is 24.4 Å². The van der Waals surface area contributed by atoms with Crippen molar-refractivity contribution in [3.63, 3.8) is 0 Å². The summed E-state index contributed by atoms with van der Waals surface area (Å²) in [5, 5.41) is 8.46. The molecule has 1 aromatic carbocycles. The van der Waals surface area contributed by atoms with Crippen LogP contribution in [-0.2, 0) is 17.5 Å². The van der Waals surface area contributed by atoms with Crippen molar-refractivity contribution >= 4 is 17.6 Å². The van der Waals surface area contributed by atoms with Crippen LogP contribution in [0.25, 0.3) is 0 Å². The van der Waals surface area contributed by atoms with Gasteiger partial charge in [-0.15, -0.1) is 0 Å². The van der Waals surface area contributed by atoms with Gasteiger partial charge in [-0.25, -0.2) is 9.80 Å². The molecule has 2 aliphatic rings. The quantitative estimate of drug-likeness (QED) is 0.739. The maximum Gasteiger partial charge on any atom is 0.433 e. The third kappa shape index (κ3) is 5.19. The molecule has 0 bridgehead atoms. The second kappa shape index (κ2) is 9.41. The van der Waals surface area contributed by atoms with Crippen LogP contribution in [0.4, 0.5) is 18.0 Å². The molecule has 1 aromatic heterocycles. The van der Waals surface area contributed by atoms with Crippen LogP contribution in [0.2, 0.25) is 0 Å². The van der Waals surface area contributed by atoms with Crippen molar-refractivity contribution in [2.45, 2.75) is 25.7 Å². The molecule has 0 spiro atoms. The van der Waals surface area contributed by atoms with Crippen LogP contribution in [0.3, 0.4) is 0 Å². The molecule has 2 aromatic rings. The number of urea groups is 1. The number of amides is 3. The Morgan fingerprint density at radius 1 is 1.15 bits per heavy atom. The zero-order valence-corrected chi connectivity index (χ0v) is 18.8. The molecule has 0 radical (unpaired) electrons. The van der Waals surface area contributed by atoms with Crippen LogP contribution in [0.1, 0.15) is 22.4 Å². The maximum absolute atomic E-state index is 12.8. The number of benzene rings is 1. The topological polar surface area (TPSA) is 81.1 Å². The van der Waals surface area contributed by atoms with E-state index in [1.807, 2.05) is 43.1 Å². The van der Waals surface area contributed by atoms with Gasteiger partial charge < -0.3 is 10.2 Å². The zero-order valence-electron chi connectivity index (χ0n) is 18.8. The first-order chi connectivity index (χ1) is 16.1. The van der Waals surface area contributed by atoms with E-state index in [0.717, 1.165) is 29.9 Å². The fourth-order valence-electron chi connectivity index (χ4n) is 3.94. The number of aromatic nitrogens is 1. The molecule has 2 aliphatic heterocycles. The Morgan fingerprint density at radius 3 is 2.50 bits per heavy atom. The Morgan fingerprint density at radius 2 is 1.88 bits per heavy atom. The smallest absolute Gasteiger partial charge is 0.332 e. The highest BCUT2D eigenvalue weighted by Gasteiger charge is 2.39. The van der Waals surface area contributed by atoms with E-state index >= 15 is 0 Å². The lowest BCUT2D eigenvalue weighted by molar-refractivity contribution is -0.141. The first kappa shape index (κ1) is 23.7. The number of piperazine rings is 1. The fourth-order valence-corrected chi connectivity index (χ4v) is 3.94. The van der Waals surface area contributed by atoms with Crippen molar-refractivity contribution in [1.29, 1.82) is 0 Å². The predicted molar refractivity (Wildman–Crippen MR) is 119 cm³/mol. The lowest BCUT2D eigenvalue weighted by atomic mass is 10.0. The van der Waals surface area contributed by atoms with Gasteiger partial charge >= 0.3 is 12.2 Å². The largest absolute Gasteiger partial charge is 0.433 e. The molecule has 0 aliphatic carbocycles. The van der Waals surface area contributed by atoms with Crippen molar-refractivity contribution in [2.24, 2.45) is 5.10 Å². The van der Waals surface area contributed by atoms with Crippen LogP contribution >= 0.6 is 0 Å².